The lowest BCUT2D eigenvalue weighted by Gasteiger charge is -2.23. The molecule has 0 unspecified atom stereocenters. The van der Waals surface area contributed by atoms with Crippen LogP contribution in [0.5, 0.6) is 0 Å². The normalized spacial score (nSPS) is 11.5. The number of benzene rings is 3. The topological polar surface area (TPSA) is 85.7 Å². The lowest BCUT2D eigenvalue weighted by Crippen LogP contribution is -2.37. The number of rotatable bonds is 5. The van der Waals surface area contributed by atoms with Gasteiger partial charge < -0.3 is 4.74 Å². The molecule has 158 valence electrons. The number of carbonyl (C=O) groups excluding carboxylic acids is 2. The van der Waals surface area contributed by atoms with Gasteiger partial charge >= 0.3 is 5.97 Å². The number of para-hydroxylation sites is 1. The second-order valence-electron chi connectivity index (χ2n) is 7.08. The van der Waals surface area contributed by atoms with Crippen molar-refractivity contribution in [3.05, 3.63) is 78.5 Å². The number of fused-ring (bicyclic) bond motifs is 2. The van der Waals surface area contributed by atoms with Crippen LogP contribution in [0.3, 0.4) is 0 Å². The summed E-state index contributed by atoms with van der Waals surface area (Å²) in [6, 6.07) is 19.6. The first-order valence-corrected chi connectivity index (χ1v) is 11.3. The molecular weight excluding hydrogens is 416 g/mol. The van der Waals surface area contributed by atoms with Gasteiger partial charge in [0.15, 0.2) is 0 Å². The van der Waals surface area contributed by atoms with Gasteiger partial charge in [-0.05, 0) is 17.5 Å². The average Bonchev–Trinajstić information content (AvgIpc) is 3.15. The molecule has 0 fully saturated rings. The van der Waals surface area contributed by atoms with E-state index in [4.69, 9.17) is 4.74 Å². The summed E-state index contributed by atoms with van der Waals surface area (Å²) in [4.78, 5) is 25.4. The third-order valence-electron chi connectivity index (χ3n) is 5.10. The van der Waals surface area contributed by atoms with Crippen LogP contribution in [0.25, 0.3) is 21.7 Å². The summed E-state index contributed by atoms with van der Waals surface area (Å²) in [6.45, 7) is -0.424. The van der Waals surface area contributed by atoms with Crippen molar-refractivity contribution in [1.29, 1.82) is 0 Å². The van der Waals surface area contributed by atoms with E-state index < -0.39 is 28.4 Å². The predicted molar refractivity (Wildman–Crippen MR) is 120 cm³/mol. The molecule has 4 rings (SSSR count). The monoisotopic (exact) mass is 436 g/mol. The van der Waals surface area contributed by atoms with Crippen molar-refractivity contribution in [2.45, 2.75) is 0 Å². The van der Waals surface area contributed by atoms with Gasteiger partial charge in [-0.25, -0.2) is 13.2 Å². The summed E-state index contributed by atoms with van der Waals surface area (Å²) >= 11 is 0. The van der Waals surface area contributed by atoms with Crippen molar-refractivity contribution in [2.75, 3.05) is 24.2 Å². The molecule has 0 bridgehead atoms. The third-order valence-corrected chi connectivity index (χ3v) is 6.23. The molecule has 31 heavy (non-hydrogen) atoms. The number of esters is 1. The van der Waals surface area contributed by atoms with Gasteiger partial charge in [-0.3, -0.25) is 13.7 Å². The summed E-state index contributed by atoms with van der Waals surface area (Å²) in [6.07, 6.45) is 2.46. The zero-order valence-electron chi connectivity index (χ0n) is 17.0. The maximum absolute atomic E-state index is 13.3. The maximum atomic E-state index is 13.3. The standard InChI is InChI=1S/C23H20N2O5S/c1-30-23(27)19-14-24(20-12-6-5-11-18(19)20)22(26)15-25(31(2,28)29)21-13-7-9-16-8-3-4-10-17(16)21/h3-14H,15H2,1-2H3. The smallest absolute Gasteiger partial charge is 0.340 e. The van der Waals surface area contributed by atoms with Crippen LogP contribution in [-0.4, -0.2) is 44.8 Å². The van der Waals surface area contributed by atoms with Crippen LogP contribution in [0.1, 0.15) is 15.2 Å². The number of nitrogens with zero attached hydrogens (tertiary/aromatic N) is 2. The van der Waals surface area contributed by atoms with Crippen LogP contribution in [0, 0.1) is 0 Å². The summed E-state index contributed by atoms with van der Waals surface area (Å²) in [5, 5.41) is 2.13. The van der Waals surface area contributed by atoms with Crippen LogP contribution in [0.4, 0.5) is 5.69 Å². The molecule has 0 aliphatic carbocycles. The van der Waals surface area contributed by atoms with Crippen molar-refractivity contribution >= 4 is 49.3 Å². The molecule has 0 N–H and O–H groups in total. The third kappa shape index (κ3) is 3.77. The molecule has 0 atom stereocenters. The number of carbonyl (C=O) groups is 2. The molecule has 0 radical (unpaired) electrons. The SMILES string of the molecule is COC(=O)c1cn(C(=O)CN(c2cccc3ccccc23)S(C)(=O)=O)c2ccccc12. The Bertz CT molecular complexity index is 1420. The van der Waals surface area contributed by atoms with Gasteiger partial charge in [0.05, 0.1) is 30.1 Å². The Morgan fingerprint density at radius 3 is 2.29 bits per heavy atom. The van der Waals surface area contributed by atoms with Crippen LogP contribution >= 0.6 is 0 Å². The van der Waals surface area contributed by atoms with Crippen molar-refractivity contribution in [2.24, 2.45) is 0 Å². The minimum absolute atomic E-state index is 0.238. The Kier molecular flexibility index (Phi) is 5.24. The summed E-state index contributed by atoms with van der Waals surface area (Å²) in [5.41, 5.74) is 1.15. The minimum Gasteiger partial charge on any atom is -0.465 e. The maximum Gasteiger partial charge on any atom is 0.340 e. The van der Waals surface area contributed by atoms with Crippen LogP contribution in [-0.2, 0) is 14.8 Å². The van der Waals surface area contributed by atoms with E-state index >= 15 is 0 Å². The molecule has 0 saturated heterocycles. The Balaban J connectivity index is 1.81. The molecule has 4 aromatic rings. The molecule has 0 amide bonds. The molecule has 0 saturated carbocycles. The molecule has 0 spiro atoms. The van der Waals surface area contributed by atoms with Gasteiger partial charge in [0.25, 0.3) is 5.91 Å². The highest BCUT2D eigenvalue weighted by Gasteiger charge is 2.25. The van der Waals surface area contributed by atoms with Crippen molar-refractivity contribution in [3.8, 4) is 0 Å². The Morgan fingerprint density at radius 1 is 0.935 bits per heavy atom. The molecule has 0 aliphatic rings. The average molecular weight is 436 g/mol. The number of methoxy groups -OCH3 is 1. The van der Waals surface area contributed by atoms with E-state index in [0.717, 1.165) is 21.3 Å². The van der Waals surface area contributed by atoms with Crippen LogP contribution in [0.2, 0.25) is 0 Å². The van der Waals surface area contributed by atoms with Crippen molar-refractivity contribution in [1.82, 2.24) is 4.57 Å². The number of sulfonamides is 1. The first kappa shape index (κ1) is 20.6. The van der Waals surface area contributed by atoms with E-state index in [1.54, 1.807) is 36.4 Å². The fraction of sp³-hybridized carbons (Fsp3) is 0.130. The van der Waals surface area contributed by atoms with E-state index in [-0.39, 0.29) is 5.56 Å². The van der Waals surface area contributed by atoms with Gasteiger partial charge in [-0.15, -0.1) is 0 Å². The summed E-state index contributed by atoms with van der Waals surface area (Å²) < 4.78 is 32.5. The number of anilines is 1. The van der Waals surface area contributed by atoms with Crippen molar-refractivity contribution in [3.63, 3.8) is 0 Å². The molecule has 1 heterocycles. The molecule has 0 aliphatic heterocycles. The van der Waals surface area contributed by atoms with Crippen molar-refractivity contribution < 1.29 is 22.7 Å². The first-order valence-electron chi connectivity index (χ1n) is 9.48. The zero-order chi connectivity index (χ0) is 22.2. The van der Waals surface area contributed by atoms with Gasteiger partial charge in [0.1, 0.15) is 6.54 Å². The molecule has 3 aromatic carbocycles. The van der Waals surface area contributed by atoms with E-state index in [1.807, 2.05) is 30.3 Å². The van der Waals surface area contributed by atoms with Gasteiger partial charge in [0.2, 0.25) is 10.0 Å². The second kappa shape index (κ2) is 7.88. The summed E-state index contributed by atoms with van der Waals surface area (Å²) in [7, 11) is -2.51. The number of hydrogen-bond acceptors (Lipinski definition) is 5. The van der Waals surface area contributed by atoms with Crippen LogP contribution in [0.15, 0.2) is 72.9 Å². The summed E-state index contributed by atoms with van der Waals surface area (Å²) in [5.74, 6) is -1.07. The highest BCUT2D eigenvalue weighted by Crippen LogP contribution is 2.29. The van der Waals surface area contributed by atoms with E-state index in [1.165, 1.54) is 17.9 Å². The van der Waals surface area contributed by atoms with Gasteiger partial charge in [-0.1, -0.05) is 54.6 Å². The highest BCUT2D eigenvalue weighted by molar-refractivity contribution is 7.92. The fourth-order valence-electron chi connectivity index (χ4n) is 3.66. The number of hydrogen-bond donors (Lipinski definition) is 0. The second-order valence-corrected chi connectivity index (χ2v) is 8.99. The number of ether oxygens (including phenoxy) is 1. The lowest BCUT2D eigenvalue weighted by atomic mass is 10.1. The predicted octanol–water partition coefficient (Wildman–Crippen LogP) is 3.69. The largest absolute Gasteiger partial charge is 0.465 e. The van der Waals surface area contributed by atoms with Crippen LogP contribution < -0.4 is 4.31 Å². The number of aromatic nitrogens is 1. The zero-order valence-corrected chi connectivity index (χ0v) is 17.8. The van der Waals surface area contributed by atoms with E-state index in [9.17, 15) is 18.0 Å². The van der Waals surface area contributed by atoms with E-state index in [2.05, 4.69) is 0 Å². The molecular formula is C23H20N2O5S. The lowest BCUT2D eigenvalue weighted by molar-refractivity contribution is 0.0603. The first-order chi connectivity index (χ1) is 14.8. The van der Waals surface area contributed by atoms with Gasteiger partial charge in [0, 0.05) is 17.0 Å². The minimum atomic E-state index is -3.77. The molecule has 8 heteroatoms. The fourth-order valence-corrected chi connectivity index (χ4v) is 4.53. The Hall–Kier alpha value is -3.65. The highest BCUT2D eigenvalue weighted by atomic mass is 32.2. The van der Waals surface area contributed by atoms with Gasteiger partial charge in [-0.2, -0.15) is 0 Å². The molecule has 7 nitrogen and oxygen atoms in total. The Morgan fingerprint density at radius 2 is 1.58 bits per heavy atom. The molecule has 1 aromatic heterocycles. The Labute approximate surface area is 179 Å². The van der Waals surface area contributed by atoms with E-state index in [0.29, 0.717) is 16.6 Å². The quantitative estimate of drug-likeness (QED) is 0.446.